The summed E-state index contributed by atoms with van der Waals surface area (Å²) in [5.74, 6) is -0.548. The van der Waals surface area contributed by atoms with Crippen molar-refractivity contribution in [3.8, 4) is 16.9 Å². The number of carbonyl (C=O) groups is 1. The molecule has 0 atom stereocenters. The molecule has 0 aliphatic rings. The number of ether oxygens (including phenoxy) is 1. The van der Waals surface area contributed by atoms with E-state index in [0.717, 1.165) is 5.56 Å². The largest absolute Gasteiger partial charge is 0.464 e. The molecule has 3 aromatic rings. The summed E-state index contributed by atoms with van der Waals surface area (Å²) in [6, 6.07) is 17.0. The SMILES string of the molecule is COC(=O)c1cc(-c2ccccc2)n(-c2ccc([N+](=O)[O-])cc2)n1. The van der Waals surface area contributed by atoms with Crippen molar-refractivity contribution in [2.45, 2.75) is 0 Å². The molecule has 1 aromatic heterocycles. The molecule has 1 heterocycles. The number of benzene rings is 2. The van der Waals surface area contributed by atoms with Gasteiger partial charge in [-0.25, -0.2) is 9.48 Å². The lowest BCUT2D eigenvalue weighted by molar-refractivity contribution is -0.384. The van der Waals surface area contributed by atoms with Crippen LogP contribution in [0.5, 0.6) is 0 Å². The summed E-state index contributed by atoms with van der Waals surface area (Å²) in [5, 5.41) is 15.1. The molecule has 7 heteroatoms. The van der Waals surface area contributed by atoms with Gasteiger partial charge in [-0.15, -0.1) is 0 Å². The number of rotatable bonds is 4. The average molecular weight is 323 g/mol. The second-order valence-electron chi connectivity index (χ2n) is 4.96. The zero-order valence-corrected chi connectivity index (χ0v) is 12.7. The molecule has 0 aliphatic heterocycles. The monoisotopic (exact) mass is 323 g/mol. The van der Waals surface area contributed by atoms with Gasteiger partial charge >= 0.3 is 5.97 Å². The second-order valence-corrected chi connectivity index (χ2v) is 4.96. The highest BCUT2D eigenvalue weighted by atomic mass is 16.6. The number of esters is 1. The first-order valence-corrected chi connectivity index (χ1v) is 7.09. The number of aromatic nitrogens is 2. The maximum Gasteiger partial charge on any atom is 0.358 e. The maximum absolute atomic E-state index is 11.8. The number of hydrogen-bond acceptors (Lipinski definition) is 5. The Morgan fingerprint density at radius 1 is 1.12 bits per heavy atom. The lowest BCUT2D eigenvalue weighted by Gasteiger charge is -2.07. The van der Waals surface area contributed by atoms with Crippen LogP contribution in [0.2, 0.25) is 0 Å². The summed E-state index contributed by atoms with van der Waals surface area (Å²) < 4.78 is 6.28. The van der Waals surface area contributed by atoms with Crippen LogP contribution in [0.25, 0.3) is 16.9 Å². The minimum Gasteiger partial charge on any atom is -0.464 e. The fourth-order valence-electron chi connectivity index (χ4n) is 2.31. The van der Waals surface area contributed by atoms with E-state index in [1.54, 1.807) is 22.9 Å². The predicted octanol–water partition coefficient (Wildman–Crippen LogP) is 3.23. The first-order chi connectivity index (χ1) is 11.6. The molecular weight excluding hydrogens is 310 g/mol. The molecule has 24 heavy (non-hydrogen) atoms. The standard InChI is InChI=1S/C17H13N3O4/c1-24-17(21)15-11-16(12-5-3-2-4-6-12)19(18-15)13-7-9-14(10-8-13)20(22)23/h2-11H,1H3. The molecule has 0 fully saturated rings. The van der Waals surface area contributed by atoms with Crippen LogP contribution in [0.3, 0.4) is 0 Å². The first-order valence-electron chi connectivity index (χ1n) is 7.09. The summed E-state index contributed by atoms with van der Waals surface area (Å²) in [6.45, 7) is 0. The van der Waals surface area contributed by atoms with E-state index < -0.39 is 10.9 Å². The molecular formula is C17H13N3O4. The Morgan fingerprint density at radius 2 is 1.79 bits per heavy atom. The third kappa shape index (κ3) is 2.87. The minimum atomic E-state index is -0.548. The Morgan fingerprint density at radius 3 is 2.38 bits per heavy atom. The number of hydrogen-bond donors (Lipinski definition) is 0. The molecule has 0 bridgehead atoms. The molecule has 7 nitrogen and oxygen atoms in total. The van der Waals surface area contributed by atoms with Crippen molar-refractivity contribution < 1.29 is 14.5 Å². The summed E-state index contributed by atoms with van der Waals surface area (Å²) >= 11 is 0. The van der Waals surface area contributed by atoms with Crippen LogP contribution in [-0.2, 0) is 4.74 Å². The smallest absolute Gasteiger partial charge is 0.358 e. The van der Waals surface area contributed by atoms with E-state index in [4.69, 9.17) is 4.74 Å². The van der Waals surface area contributed by atoms with Crippen LogP contribution in [0.15, 0.2) is 60.7 Å². The van der Waals surface area contributed by atoms with Gasteiger partial charge in [-0.05, 0) is 18.2 Å². The summed E-state index contributed by atoms with van der Waals surface area (Å²) in [4.78, 5) is 22.1. The van der Waals surface area contributed by atoms with Crippen LogP contribution in [0.1, 0.15) is 10.5 Å². The molecule has 0 amide bonds. The second kappa shape index (κ2) is 6.33. The highest BCUT2D eigenvalue weighted by molar-refractivity contribution is 5.89. The van der Waals surface area contributed by atoms with Crippen LogP contribution in [0.4, 0.5) is 5.69 Å². The van der Waals surface area contributed by atoms with Crippen LogP contribution < -0.4 is 0 Å². The van der Waals surface area contributed by atoms with Gasteiger partial charge < -0.3 is 4.74 Å². The van der Waals surface area contributed by atoms with E-state index >= 15 is 0 Å². The van der Waals surface area contributed by atoms with Crippen molar-refractivity contribution in [3.05, 3.63) is 76.5 Å². The van der Waals surface area contributed by atoms with Crippen molar-refractivity contribution in [3.63, 3.8) is 0 Å². The lowest BCUT2D eigenvalue weighted by Crippen LogP contribution is -2.04. The Balaban J connectivity index is 2.13. The van der Waals surface area contributed by atoms with Crippen molar-refractivity contribution in [2.75, 3.05) is 7.11 Å². The lowest BCUT2D eigenvalue weighted by atomic mass is 10.1. The van der Waals surface area contributed by atoms with Gasteiger partial charge in [0.1, 0.15) is 0 Å². The molecule has 0 saturated carbocycles. The maximum atomic E-state index is 11.8. The highest BCUT2D eigenvalue weighted by Crippen LogP contribution is 2.25. The van der Waals surface area contributed by atoms with E-state index in [2.05, 4.69) is 5.10 Å². The molecule has 0 saturated heterocycles. The van der Waals surface area contributed by atoms with Gasteiger partial charge in [0.05, 0.1) is 23.4 Å². The zero-order valence-electron chi connectivity index (χ0n) is 12.7. The van der Waals surface area contributed by atoms with E-state index in [9.17, 15) is 14.9 Å². The Kier molecular flexibility index (Phi) is 4.07. The first kappa shape index (κ1) is 15.4. The fraction of sp³-hybridized carbons (Fsp3) is 0.0588. The Labute approximate surface area is 137 Å². The van der Waals surface area contributed by atoms with E-state index in [1.807, 2.05) is 30.3 Å². The van der Waals surface area contributed by atoms with Gasteiger partial charge in [-0.3, -0.25) is 10.1 Å². The molecule has 0 spiro atoms. The molecule has 0 aliphatic carbocycles. The number of methoxy groups -OCH3 is 1. The molecule has 0 N–H and O–H groups in total. The summed E-state index contributed by atoms with van der Waals surface area (Å²) in [5.41, 5.74) is 2.30. The van der Waals surface area contributed by atoms with E-state index in [0.29, 0.717) is 11.4 Å². The van der Waals surface area contributed by atoms with Crippen molar-refractivity contribution >= 4 is 11.7 Å². The van der Waals surface area contributed by atoms with Gasteiger partial charge in [-0.2, -0.15) is 5.10 Å². The number of nitrogens with zero attached hydrogens (tertiary/aromatic N) is 3. The quantitative estimate of drug-likeness (QED) is 0.418. The van der Waals surface area contributed by atoms with Crippen LogP contribution in [-0.4, -0.2) is 27.8 Å². The number of non-ortho nitro benzene ring substituents is 1. The topological polar surface area (TPSA) is 87.3 Å². The molecule has 0 unspecified atom stereocenters. The van der Waals surface area contributed by atoms with Crippen LogP contribution in [0, 0.1) is 10.1 Å². The molecule has 0 radical (unpaired) electrons. The van der Waals surface area contributed by atoms with E-state index in [-0.39, 0.29) is 11.4 Å². The van der Waals surface area contributed by atoms with Gasteiger partial charge in [0.25, 0.3) is 5.69 Å². The van der Waals surface area contributed by atoms with Crippen molar-refractivity contribution in [1.29, 1.82) is 0 Å². The van der Waals surface area contributed by atoms with E-state index in [1.165, 1.54) is 19.2 Å². The van der Waals surface area contributed by atoms with Gasteiger partial charge in [0.15, 0.2) is 5.69 Å². The highest BCUT2D eigenvalue weighted by Gasteiger charge is 2.17. The molecule has 2 aromatic carbocycles. The molecule has 3 rings (SSSR count). The number of nitro benzene ring substituents is 1. The van der Waals surface area contributed by atoms with Crippen molar-refractivity contribution in [2.24, 2.45) is 0 Å². The number of nitro groups is 1. The third-order valence-corrected chi connectivity index (χ3v) is 3.48. The zero-order chi connectivity index (χ0) is 17.1. The normalized spacial score (nSPS) is 10.4. The Bertz CT molecular complexity index is 886. The Hall–Kier alpha value is -3.48. The van der Waals surface area contributed by atoms with Gasteiger partial charge in [-0.1, -0.05) is 30.3 Å². The summed E-state index contributed by atoms with van der Waals surface area (Å²) in [6.07, 6.45) is 0. The van der Waals surface area contributed by atoms with Gasteiger partial charge in [0, 0.05) is 17.7 Å². The third-order valence-electron chi connectivity index (χ3n) is 3.48. The predicted molar refractivity (Wildman–Crippen MR) is 87.0 cm³/mol. The van der Waals surface area contributed by atoms with Crippen LogP contribution >= 0.6 is 0 Å². The van der Waals surface area contributed by atoms with Gasteiger partial charge in [0.2, 0.25) is 0 Å². The molecule has 120 valence electrons. The summed E-state index contributed by atoms with van der Waals surface area (Å²) in [7, 11) is 1.29. The minimum absolute atomic E-state index is 0.0136. The fourth-order valence-corrected chi connectivity index (χ4v) is 2.31. The number of carbonyl (C=O) groups excluding carboxylic acids is 1. The van der Waals surface area contributed by atoms with Crippen molar-refractivity contribution in [1.82, 2.24) is 9.78 Å². The average Bonchev–Trinajstić information content (AvgIpc) is 3.07.